The third-order valence-electron chi connectivity index (χ3n) is 2.67. The van der Waals surface area contributed by atoms with E-state index in [1.807, 2.05) is 24.8 Å². The molecule has 18 heavy (non-hydrogen) atoms. The molecule has 0 aliphatic rings. The number of nitrogens with zero attached hydrogens (tertiary/aromatic N) is 1. The van der Waals surface area contributed by atoms with Crippen molar-refractivity contribution in [3.63, 3.8) is 0 Å². The highest BCUT2D eigenvalue weighted by Crippen LogP contribution is 2.25. The topological polar surface area (TPSA) is 49.8 Å². The van der Waals surface area contributed by atoms with E-state index in [4.69, 9.17) is 21.4 Å². The van der Waals surface area contributed by atoms with Gasteiger partial charge in [-0.05, 0) is 31.5 Å². The molecule has 0 amide bonds. The smallest absolute Gasteiger partial charge is 0.317 e. The minimum Gasteiger partial charge on any atom is -0.495 e. The molecule has 0 unspecified atom stereocenters. The van der Waals surface area contributed by atoms with Gasteiger partial charge in [-0.1, -0.05) is 17.7 Å². The van der Waals surface area contributed by atoms with E-state index in [0.717, 1.165) is 5.56 Å². The summed E-state index contributed by atoms with van der Waals surface area (Å²) < 4.78 is 5.08. The van der Waals surface area contributed by atoms with Crippen molar-refractivity contribution in [1.29, 1.82) is 0 Å². The number of carboxylic acid groups (broad SMARTS) is 1. The Kier molecular flexibility index (Phi) is 5.44. The molecule has 0 radical (unpaired) electrons. The standard InChI is InChI=1S/C13H18ClNO3/c1-9(2)15(8-13(16)17)7-10-4-5-12(18-3)11(14)6-10/h4-6,9H,7-8H2,1-3H3,(H,16,17). The molecule has 0 heterocycles. The Morgan fingerprint density at radius 2 is 2.17 bits per heavy atom. The second kappa shape index (κ2) is 6.61. The largest absolute Gasteiger partial charge is 0.495 e. The SMILES string of the molecule is COc1ccc(CN(CC(=O)O)C(C)C)cc1Cl. The first kappa shape index (κ1) is 14.8. The fraction of sp³-hybridized carbons (Fsp3) is 0.462. The number of methoxy groups -OCH3 is 1. The van der Waals surface area contributed by atoms with Crippen molar-refractivity contribution in [3.8, 4) is 5.75 Å². The van der Waals surface area contributed by atoms with Crippen LogP contribution in [0.5, 0.6) is 5.75 Å². The van der Waals surface area contributed by atoms with Gasteiger partial charge < -0.3 is 9.84 Å². The second-order valence-electron chi connectivity index (χ2n) is 4.36. The lowest BCUT2D eigenvalue weighted by molar-refractivity contribution is -0.138. The van der Waals surface area contributed by atoms with Crippen molar-refractivity contribution in [3.05, 3.63) is 28.8 Å². The fourth-order valence-corrected chi connectivity index (χ4v) is 1.92. The predicted molar refractivity (Wildman–Crippen MR) is 71.2 cm³/mol. The Hall–Kier alpha value is -1.26. The summed E-state index contributed by atoms with van der Waals surface area (Å²) in [6.07, 6.45) is 0. The lowest BCUT2D eigenvalue weighted by Crippen LogP contribution is -2.35. The maximum atomic E-state index is 10.8. The van der Waals surface area contributed by atoms with Crippen molar-refractivity contribution >= 4 is 17.6 Å². The first-order chi connectivity index (χ1) is 8.43. The Bertz CT molecular complexity index is 421. The van der Waals surface area contributed by atoms with E-state index in [9.17, 15) is 4.79 Å². The number of hydrogen-bond acceptors (Lipinski definition) is 3. The number of aliphatic carboxylic acids is 1. The Labute approximate surface area is 112 Å². The molecule has 1 rings (SSSR count). The second-order valence-corrected chi connectivity index (χ2v) is 4.77. The lowest BCUT2D eigenvalue weighted by atomic mass is 10.2. The van der Waals surface area contributed by atoms with Crippen LogP contribution in [0.1, 0.15) is 19.4 Å². The molecular formula is C13H18ClNO3. The average Bonchev–Trinajstić information content (AvgIpc) is 2.27. The van der Waals surface area contributed by atoms with E-state index in [0.29, 0.717) is 17.3 Å². The van der Waals surface area contributed by atoms with Gasteiger partial charge >= 0.3 is 5.97 Å². The Morgan fingerprint density at radius 3 is 2.61 bits per heavy atom. The molecule has 0 atom stereocenters. The van der Waals surface area contributed by atoms with E-state index < -0.39 is 5.97 Å². The fourth-order valence-electron chi connectivity index (χ4n) is 1.64. The Balaban J connectivity index is 2.80. The molecule has 1 aromatic carbocycles. The minimum atomic E-state index is -0.830. The first-order valence-electron chi connectivity index (χ1n) is 5.72. The van der Waals surface area contributed by atoms with Crippen molar-refractivity contribution in [2.24, 2.45) is 0 Å². The zero-order chi connectivity index (χ0) is 13.7. The van der Waals surface area contributed by atoms with E-state index in [1.165, 1.54) is 0 Å². The summed E-state index contributed by atoms with van der Waals surface area (Å²) in [5, 5.41) is 9.40. The summed E-state index contributed by atoms with van der Waals surface area (Å²) in [5.74, 6) is -0.210. The highest BCUT2D eigenvalue weighted by atomic mass is 35.5. The van der Waals surface area contributed by atoms with Gasteiger partial charge in [0, 0.05) is 12.6 Å². The maximum absolute atomic E-state index is 10.8. The van der Waals surface area contributed by atoms with Gasteiger partial charge in [0.15, 0.2) is 0 Å². The predicted octanol–water partition coefficient (Wildman–Crippen LogP) is 2.64. The molecule has 0 saturated heterocycles. The summed E-state index contributed by atoms with van der Waals surface area (Å²) in [5.41, 5.74) is 0.968. The van der Waals surface area contributed by atoms with E-state index in [2.05, 4.69) is 0 Å². The molecule has 5 heteroatoms. The van der Waals surface area contributed by atoms with Gasteiger partial charge in [-0.15, -0.1) is 0 Å². The number of benzene rings is 1. The molecule has 1 N–H and O–H groups in total. The first-order valence-corrected chi connectivity index (χ1v) is 6.10. The van der Waals surface area contributed by atoms with Crippen molar-refractivity contribution in [2.75, 3.05) is 13.7 Å². The molecule has 0 aliphatic heterocycles. The van der Waals surface area contributed by atoms with Crippen molar-refractivity contribution in [2.45, 2.75) is 26.4 Å². The summed E-state index contributed by atoms with van der Waals surface area (Å²) in [7, 11) is 1.56. The molecule has 0 saturated carbocycles. The van der Waals surface area contributed by atoms with Gasteiger partial charge in [-0.25, -0.2) is 0 Å². The molecule has 0 bridgehead atoms. The van der Waals surface area contributed by atoms with Crippen LogP contribution in [0.4, 0.5) is 0 Å². The van der Waals surface area contributed by atoms with Crippen LogP contribution < -0.4 is 4.74 Å². The molecule has 0 fully saturated rings. The highest BCUT2D eigenvalue weighted by Gasteiger charge is 2.14. The molecule has 1 aromatic rings. The zero-order valence-corrected chi connectivity index (χ0v) is 11.6. The van der Waals surface area contributed by atoms with Crippen LogP contribution in [-0.2, 0) is 11.3 Å². The Morgan fingerprint density at radius 1 is 1.50 bits per heavy atom. The highest BCUT2D eigenvalue weighted by molar-refractivity contribution is 6.32. The van der Waals surface area contributed by atoms with Gasteiger partial charge in [-0.3, -0.25) is 9.69 Å². The number of rotatable bonds is 6. The van der Waals surface area contributed by atoms with Crippen molar-refractivity contribution in [1.82, 2.24) is 4.90 Å². The summed E-state index contributed by atoms with van der Waals surface area (Å²) in [4.78, 5) is 12.6. The van der Waals surface area contributed by atoms with Crippen LogP contribution >= 0.6 is 11.6 Å². The summed E-state index contributed by atoms with van der Waals surface area (Å²) in [6.45, 7) is 4.50. The van der Waals surface area contributed by atoms with Gasteiger partial charge in [-0.2, -0.15) is 0 Å². The van der Waals surface area contributed by atoms with Crippen LogP contribution in [0.3, 0.4) is 0 Å². The van der Waals surface area contributed by atoms with Crippen LogP contribution in [0.15, 0.2) is 18.2 Å². The molecular weight excluding hydrogens is 254 g/mol. The molecule has 100 valence electrons. The van der Waals surface area contributed by atoms with E-state index >= 15 is 0 Å². The van der Waals surface area contributed by atoms with Gasteiger partial charge in [0.05, 0.1) is 18.7 Å². The zero-order valence-electron chi connectivity index (χ0n) is 10.8. The van der Waals surface area contributed by atoms with Crippen LogP contribution in [-0.4, -0.2) is 35.7 Å². The normalized spacial score (nSPS) is 11.0. The monoisotopic (exact) mass is 271 g/mol. The average molecular weight is 272 g/mol. The number of carbonyl (C=O) groups is 1. The number of halogens is 1. The molecule has 0 aliphatic carbocycles. The number of ether oxygens (including phenoxy) is 1. The van der Waals surface area contributed by atoms with Gasteiger partial charge in [0.2, 0.25) is 0 Å². The van der Waals surface area contributed by atoms with Gasteiger partial charge in [0.25, 0.3) is 0 Å². The number of hydrogen-bond donors (Lipinski definition) is 1. The van der Waals surface area contributed by atoms with Crippen LogP contribution in [0.2, 0.25) is 5.02 Å². The molecule has 4 nitrogen and oxygen atoms in total. The van der Waals surface area contributed by atoms with Gasteiger partial charge in [0.1, 0.15) is 5.75 Å². The lowest BCUT2D eigenvalue weighted by Gasteiger charge is -2.24. The molecule has 0 aromatic heterocycles. The van der Waals surface area contributed by atoms with E-state index in [-0.39, 0.29) is 12.6 Å². The molecule has 0 spiro atoms. The minimum absolute atomic E-state index is 0.0152. The third-order valence-corrected chi connectivity index (χ3v) is 2.97. The van der Waals surface area contributed by atoms with Crippen LogP contribution in [0, 0.1) is 0 Å². The maximum Gasteiger partial charge on any atom is 0.317 e. The number of carboxylic acids is 1. The van der Waals surface area contributed by atoms with Crippen molar-refractivity contribution < 1.29 is 14.6 Å². The quantitative estimate of drug-likeness (QED) is 0.864. The summed E-state index contributed by atoms with van der Waals surface area (Å²) >= 11 is 6.04. The van der Waals surface area contributed by atoms with Crippen LogP contribution in [0.25, 0.3) is 0 Å². The van der Waals surface area contributed by atoms with E-state index in [1.54, 1.807) is 19.2 Å². The third kappa shape index (κ3) is 4.20. The summed E-state index contributed by atoms with van der Waals surface area (Å²) in [6, 6.07) is 5.64.